The van der Waals surface area contributed by atoms with E-state index in [4.69, 9.17) is 107 Å². The highest BCUT2D eigenvalue weighted by molar-refractivity contribution is 7.72. The van der Waals surface area contributed by atoms with Crippen LogP contribution in [0.2, 0.25) is 0 Å². The van der Waals surface area contributed by atoms with E-state index < -0.39 is 175 Å². The van der Waals surface area contributed by atoms with Gasteiger partial charge < -0.3 is 109 Å². The number of nitrogens with one attached hydrogen (secondary N) is 3. The predicted octanol–water partition coefficient (Wildman–Crippen LogP) is -1.10. The third-order valence-corrected chi connectivity index (χ3v) is 23.6. The number of aryl methyl sites for hydroxylation is 3. The van der Waals surface area contributed by atoms with Gasteiger partial charge in [-0.3, -0.25) is 42.0 Å². The van der Waals surface area contributed by atoms with Crippen molar-refractivity contribution in [1.29, 1.82) is 0 Å². The number of phosphoric ester groups is 3. The molecule has 3 fully saturated rings. The number of aliphatic hydroxyl groups excluding tert-OH is 6. The molecule has 0 aliphatic carbocycles. The molecule has 6 heterocycles. The lowest BCUT2D eigenvalue weighted by Crippen LogP contribution is -2.36. The normalized spacial score (nSPS) is 28.8. The van der Waals surface area contributed by atoms with Gasteiger partial charge in [0.15, 0.2) is 28.2 Å². The predicted molar refractivity (Wildman–Crippen MR) is 294 cm³/mol. The van der Waals surface area contributed by atoms with Gasteiger partial charge in [0.1, 0.15) is 64.2 Å². The molecule has 3 aromatic heterocycles. The third-order valence-electron chi connectivity index (χ3n) is 10.7. The highest BCUT2D eigenvalue weighted by Crippen LogP contribution is 2.68. The second-order valence-electron chi connectivity index (χ2n) is 17.7. The molecule has 3 aromatic rings. The van der Waals surface area contributed by atoms with Crippen LogP contribution < -0.4 is 11.2 Å². The fourth-order valence-corrected chi connectivity index (χ4v) is 17.0. The van der Waals surface area contributed by atoms with Crippen LogP contribution in [0.5, 0.6) is 0 Å². The zero-order valence-electron chi connectivity index (χ0n) is 44.2. The van der Waals surface area contributed by atoms with Crippen molar-refractivity contribution in [3.8, 4) is 0 Å². The molecule has 90 heavy (non-hydrogen) atoms. The number of aromatic amines is 3. The van der Waals surface area contributed by atoms with Crippen molar-refractivity contribution in [3.63, 3.8) is 0 Å². The summed E-state index contributed by atoms with van der Waals surface area (Å²) in [6.45, 7) is 1.72. The second-order valence-corrected chi connectivity index (χ2v) is 32.6. The van der Waals surface area contributed by atoms with Gasteiger partial charge in [0, 0.05) is 35.3 Å². The number of hydrogen-bond acceptors (Lipinski definition) is 33. The van der Waals surface area contributed by atoms with Crippen molar-refractivity contribution < 1.29 is 184 Å². The summed E-state index contributed by atoms with van der Waals surface area (Å²) < 4.78 is 155. The molecule has 6 rings (SSSR count). The molecule has 3 aliphatic heterocycles. The third kappa shape index (κ3) is 24.6. The fourth-order valence-electron chi connectivity index (χ4n) is 7.03. The first-order chi connectivity index (χ1) is 40.5. The van der Waals surface area contributed by atoms with E-state index in [-0.39, 0.29) is 19.7 Å². The van der Waals surface area contributed by atoms with E-state index in [1.165, 1.54) is 30.1 Å². The fraction of sp³-hybridized carbons (Fsp3) is 0.600. The minimum Gasteiger partial charge on any atom is -0.387 e. The molecule has 0 saturated carbocycles. The lowest BCUT2D eigenvalue weighted by molar-refractivity contribution is -0.0542. The Labute approximate surface area is 518 Å². The Balaban J connectivity index is 0.000000288. The van der Waals surface area contributed by atoms with Crippen LogP contribution in [0.4, 0.5) is 0 Å². The minimum atomic E-state index is -5.71. The van der Waals surface area contributed by atoms with Gasteiger partial charge in [0.25, 0.3) is 5.56 Å². The Morgan fingerprint density at radius 1 is 0.400 bits per heavy atom. The summed E-state index contributed by atoms with van der Waals surface area (Å²) >= 11 is 20.0. The Hall–Kier alpha value is -1.41. The Morgan fingerprint density at radius 2 is 0.667 bits per heavy atom. The van der Waals surface area contributed by atoms with E-state index in [0.717, 1.165) is 9.13 Å². The Bertz CT molecular complexity index is 3540. The molecule has 3 aliphatic rings. The average molecular weight is 1560 g/mol. The average Bonchev–Trinajstić information content (AvgIpc) is 1.72. The molecule has 3 saturated heterocycles. The van der Waals surface area contributed by atoms with Gasteiger partial charge in [-0.1, -0.05) is 24.4 Å². The molecular weight excluding hydrogens is 1510 g/mol. The van der Waals surface area contributed by atoms with Crippen LogP contribution in [-0.2, 0) is 94.7 Å². The molecule has 0 spiro atoms. The van der Waals surface area contributed by atoms with Crippen molar-refractivity contribution in [2.24, 2.45) is 0 Å². The van der Waals surface area contributed by atoms with E-state index in [0.29, 0.717) is 15.8 Å². The van der Waals surface area contributed by atoms with E-state index in [2.05, 4.69) is 54.4 Å². The molecule has 0 aromatic carbocycles. The first-order valence-corrected chi connectivity index (χ1v) is 38.1. The molecule has 516 valence electrons. The molecule has 0 amide bonds. The molecular formula is C30H51N6O41P9S4. The number of nitrogens with zero attached hydrogens (tertiary/aromatic N) is 3. The van der Waals surface area contributed by atoms with Crippen LogP contribution >= 0.6 is 119 Å². The van der Waals surface area contributed by atoms with Crippen LogP contribution in [0.1, 0.15) is 35.4 Å². The second kappa shape index (κ2) is 31.0. The van der Waals surface area contributed by atoms with Gasteiger partial charge in [-0.2, -0.15) is 25.9 Å². The highest BCUT2D eigenvalue weighted by Gasteiger charge is 2.50. The number of hydrogen-bond donors (Lipinski definition) is 21. The maximum absolute atomic E-state index is 12.0. The molecule has 9 unspecified atom stereocenters. The van der Waals surface area contributed by atoms with Crippen LogP contribution in [0.25, 0.3) is 0 Å². The minimum absolute atomic E-state index is 0.0513. The number of aromatic nitrogens is 6. The van der Waals surface area contributed by atoms with Crippen molar-refractivity contribution in [3.05, 3.63) is 74.9 Å². The van der Waals surface area contributed by atoms with E-state index in [9.17, 15) is 96.0 Å². The molecule has 47 nitrogen and oxygen atoms in total. The van der Waals surface area contributed by atoms with Crippen molar-refractivity contribution in [2.45, 2.75) is 94.4 Å². The van der Waals surface area contributed by atoms with E-state index in [1.807, 2.05) is 0 Å². The lowest BCUT2D eigenvalue weighted by Gasteiger charge is -2.19. The molecule has 21 N–H and O–H groups in total. The van der Waals surface area contributed by atoms with E-state index in [1.54, 1.807) is 13.8 Å². The zero-order valence-corrected chi connectivity index (χ0v) is 55.5. The zero-order chi connectivity index (χ0) is 69.2. The van der Waals surface area contributed by atoms with Crippen LogP contribution in [0, 0.1) is 39.6 Å². The first kappa shape index (κ1) is 81.0. The molecule has 0 radical (unpaired) electrons. The van der Waals surface area contributed by atoms with Crippen LogP contribution in [0.15, 0.2) is 28.2 Å². The molecule has 18 atom stereocenters. The van der Waals surface area contributed by atoms with Crippen LogP contribution in [0.3, 0.4) is 0 Å². The van der Waals surface area contributed by atoms with Crippen molar-refractivity contribution in [2.75, 3.05) is 19.8 Å². The summed E-state index contributed by atoms with van der Waals surface area (Å²) in [5.41, 5.74) is -0.0679. The summed E-state index contributed by atoms with van der Waals surface area (Å²) in [6.07, 6.45) is -14.5. The smallest absolute Gasteiger partial charge is 0.387 e. The Kier molecular flexibility index (Phi) is 27.9. The monoisotopic (exact) mass is 1560 g/mol. The van der Waals surface area contributed by atoms with Gasteiger partial charge >= 0.3 is 76.1 Å². The summed E-state index contributed by atoms with van der Waals surface area (Å²) in [6, 6.07) is 0. The van der Waals surface area contributed by atoms with Crippen molar-refractivity contribution >= 4 is 119 Å². The van der Waals surface area contributed by atoms with Gasteiger partial charge in [-0.25, -0.2) is 45.9 Å². The van der Waals surface area contributed by atoms with Gasteiger partial charge in [0.2, 0.25) is 0 Å². The molecule has 0 bridgehead atoms. The summed E-state index contributed by atoms with van der Waals surface area (Å²) in [5.74, 6) is 0. The number of H-pyrrole nitrogens is 3. The van der Waals surface area contributed by atoms with Crippen LogP contribution in [-0.4, -0.2) is 193 Å². The number of ether oxygens (including phenoxy) is 3. The summed E-state index contributed by atoms with van der Waals surface area (Å²) in [4.78, 5) is 137. The highest BCUT2D eigenvalue weighted by atomic mass is 32.1. The largest absolute Gasteiger partial charge is 0.490 e. The standard InChI is InChI=1S/2C10H17N2O14P3S.C10H17N2O13P3S2/c1-4-2-12(10(15)11-8(4)30)9-7(14)6(13)5(24-9)3-23-28(19,20)26-29(21,22)25-27(16,17)18;1-4-2-12(10(30)11-8(4)15)9-7(14)6(13)5(24-9)3-23-28(19,20)26-29(21,22)25-27(16,17)18;1-4-2-12(10(30)11-8(4)29)9-7(14)6(13)5(23-9)3-22-27(18,19)25-28(20,21)24-26(15,16)17/h2*2,5-7,9,13-14H,3H2,1H3,(H,19,20)(H,21,22)(H,11,15,30)(H2,16,17,18);2,5-7,9,13-14H,3H2,1H3,(H,18,19)(H,20,21)(H,11,29,30)(H2,15,16,17)/t3*5-,6?,7+,9-/m000/s1. The van der Waals surface area contributed by atoms with Gasteiger partial charge in [-0.15, -0.1) is 0 Å². The van der Waals surface area contributed by atoms with Crippen molar-refractivity contribution in [1.82, 2.24) is 28.7 Å². The lowest BCUT2D eigenvalue weighted by atomic mass is 10.1. The van der Waals surface area contributed by atoms with E-state index >= 15 is 0 Å². The number of rotatable bonds is 24. The summed E-state index contributed by atoms with van der Waals surface area (Å²) in [7, 11) is -50.1. The van der Waals surface area contributed by atoms with Gasteiger partial charge in [0.05, 0.1) is 19.8 Å². The SMILES string of the molecule is Cc1cn([C@H]2O[C@@H](COP(=O)(O)OP(=O)(O)OP(=O)(O)O)C(O)[C@H]2O)c(=O)[nH]c1=S.Cc1cn([C@H]2O[C@@H](COP(=O)(O)OP(=O)(O)OP(=O)(O)O)C(O)[C@H]2O)c(=S)[nH]c1=O.Cc1cn([C@H]2O[C@@H](COP(=O)(O)OP(=O)(O)OP(=O)(O)O)C(O)[C@H]2O)c(=S)[nH]c1=S. The summed E-state index contributed by atoms with van der Waals surface area (Å²) in [5, 5.41) is 60.7. The molecule has 60 heteroatoms. The first-order valence-electron chi connectivity index (χ1n) is 22.9. The number of aliphatic hydroxyl groups is 6. The maximum atomic E-state index is 12.0. The quantitative estimate of drug-likeness (QED) is 0.0374. The maximum Gasteiger partial charge on any atom is 0.490 e. The topological polar surface area (TPSA) is 725 Å². The number of phosphoric acid groups is 9. The van der Waals surface area contributed by atoms with Gasteiger partial charge in [-0.05, 0) is 45.2 Å². The Morgan fingerprint density at radius 3 is 0.978 bits per heavy atom.